The molecule has 0 atom stereocenters. The van der Waals surface area contributed by atoms with Gasteiger partial charge in [-0.15, -0.1) is 0 Å². The van der Waals surface area contributed by atoms with Crippen LogP contribution >= 0.6 is 0 Å². The van der Waals surface area contributed by atoms with E-state index in [1.54, 1.807) is 0 Å². The number of pyridine rings is 1. The Hall–Kier alpha value is -1.06. The van der Waals surface area contributed by atoms with Gasteiger partial charge in [0.1, 0.15) is 0 Å². The predicted octanol–water partition coefficient (Wildman–Crippen LogP) is 7.16. The van der Waals surface area contributed by atoms with Crippen molar-refractivity contribution in [2.45, 2.75) is 89.9 Å². The molecule has 0 bridgehead atoms. The van der Waals surface area contributed by atoms with Gasteiger partial charge in [0.25, 0.3) is 5.95 Å². The highest BCUT2D eigenvalue weighted by Crippen LogP contribution is 2.44. The van der Waals surface area contributed by atoms with Crippen molar-refractivity contribution >= 4 is 0 Å². The smallest absolute Gasteiger partial charge is 0.202 e. The van der Waals surface area contributed by atoms with Crippen LogP contribution in [-0.4, -0.2) is 4.98 Å². The van der Waals surface area contributed by atoms with Crippen LogP contribution < -0.4 is 0 Å². The maximum Gasteiger partial charge on any atom is 0.251 e. The zero-order valence-electron chi connectivity index (χ0n) is 16.0. The van der Waals surface area contributed by atoms with Gasteiger partial charge in [-0.1, -0.05) is 45.4 Å². The zero-order valence-corrected chi connectivity index (χ0v) is 16.0. The normalized spacial score (nSPS) is 29.7. The average molecular weight is 367 g/mol. The van der Waals surface area contributed by atoms with Crippen LogP contribution in [0.4, 0.5) is 13.2 Å². The molecule has 0 amide bonds. The third-order valence-corrected chi connectivity index (χ3v) is 6.90. The molecule has 1 aromatic rings. The monoisotopic (exact) mass is 367 g/mol. The second-order valence-electron chi connectivity index (χ2n) is 8.53. The maximum absolute atomic E-state index is 13.9. The van der Waals surface area contributed by atoms with Gasteiger partial charge >= 0.3 is 0 Å². The number of unbranched alkanes of at least 4 members (excludes halogenated alkanes) is 2. The molecule has 4 heteroatoms. The lowest BCUT2D eigenvalue weighted by molar-refractivity contribution is 0.155. The van der Waals surface area contributed by atoms with E-state index in [1.165, 1.54) is 51.4 Å². The minimum Gasteiger partial charge on any atom is -0.202 e. The van der Waals surface area contributed by atoms with Gasteiger partial charge < -0.3 is 0 Å². The first-order chi connectivity index (χ1) is 12.6. The number of nitrogens with zero attached hydrogens (tertiary/aromatic N) is 1. The van der Waals surface area contributed by atoms with E-state index >= 15 is 0 Å². The van der Waals surface area contributed by atoms with Gasteiger partial charge in [0.2, 0.25) is 5.95 Å². The van der Waals surface area contributed by atoms with Crippen LogP contribution in [0.2, 0.25) is 0 Å². The number of halogens is 3. The summed E-state index contributed by atoms with van der Waals surface area (Å²) >= 11 is 0. The van der Waals surface area contributed by atoms with Gasteiger partial charge in [-0.05, 0) is 68.3 Å². The van der Waals surface area contributed by atoms with E-state index < -0.39 is 17.7 Å². The summed E-state index contributed by atoms with van der Waals surface area (Å²) in [6, 6.07) is 1.02. The second kappa shape index (κ2) is 9.23. The lowest BCUT2D eigenvalue weighted by atomic mass is 9.68. The van der Waals surface area contributed by atoms with E-state index in [-0.39, 0.29) is 11.5 Å². The molecule has 0 radical (unpaired) electrons. The molecule has 0 aromatic carbocycles. The minimum absolute atomic E-state index is 0.0146. The summed E-state index contributed by atoms with van der Waals surface area (Å²) in [5.41, 5.74) is 0.266. The molecule has 2 aliphatic rings. The fourth-order valence-corrected chi connectivity index (χ4v) is 5.28. The van der Waals surface area contributed by atoms with E-state index in [4.69, 9.17) is 0 Å². The van der Waals surface area contributed by atoms with Gasteiger partial charge in [-0.25, -0.2) is 4.39 Å². The quantitative estimate of drug-likeness (QED) is 0.384. The largest absolute Gasteiger partial charge is 0.251 e. The van der Waals surface area contributed by atoms with Crippen LogP contribution in [0, 0.1) is 35.5 Å². The zero-order chi connectivity index (χ0) is 18.5. The van der Waals surface area contributed by atoms with Crippen LogP contribution in [0.1, 0.15) is 95.5 Å². The summed E-state index contributed by atoms with van der Waals surface area (Å²) in [4.78, 5) is 3.09. The van der Waals surface area contributed by atoms with E-state index in [9.17, 15) is 13.2 Å². The summed E-state index contributed by atoms with van der Waals surface area (Å²) < 4.78 is 40.4. The van der Waals surface area contributed by atoms with Crippen molar-refractivity contribution in [2.75, 3.05) is 0 Å². The first-order valence-electron chi connectivity index (χ1n) is 10.6. The van der Waals surface area contributed by atoms with Crippen molar-refractivity contribution in [2.24, 2.45) is 17.8 Å². The van der Waals surface area contributed by atoms with Crippen LogP contribution in [0.3, 0.4) is 0 Å². The fourth-order valence-electron chi connectivity index (χ4n) is 5.28. The molecule has 2 fully saturated rings. The minimum atomic E-state index is -1.34. The second-order valence-corrected chi connectivity index (χ2v) is 8.53. The molecule has 26 heavy (non-hydrogen) atoms. The Kier molecular flexibility index (Phi) is 6.99. The van der Waals surface area contributed by atoms with Gasteiger partial charge in [0.15, 0.2) is 5.82 Å². The van der Waals surface area contributed by atoms with Crippen molar-refractivity contribution in [1.29, 1.82) is 0 Å². The van der Waals surface area contributed by atoms with E-state index in [0.717, 1.165) is 49.5 Å². The van der Waals surface area contributed by atoms with Crippen molar-refractivity contribution in [3.63, 3.8) is 0 Å². The molecular weight excluding hydrogens is 335 g/mol. The number of hydrogen-bond donors (Lipinski definition) is 0. The first-order valence-corrected chi connectivity index (χ1v) is 10.6. The summed E-state index contributed by atoms with van der Waals surface area (Å²) in [6.07, 6.45) is 14.7. The lowest BCUT2D eigenvalue weighted by Gasteiger charge is -2.38. The Morgan fingerprint density at radius 3 is 2.08 bits per heavy atom. The van der Waals surface area contributed by atoms with E-state index in [0.29, 0.717) is 0 Å². The third kappa shape index (κ3) is 4.80. The van der Waals surface area contributed by atoms with Gasteiger partial charge in [0.05, 0.1) is 0 Å². The first kappa shape index (κ1) is 19.7. The Bertz CT molecular complexity index is 573. The summed E-state index contributed by atoms with van der Waals surface area (Å²) in [7, 11) is 0. The maximum atomic E-state index is 13.9. The topological polar surface area (TPSA) is 12.9 Å². The number of hydrogen-bond acceptors (Lipinski definition) is 1. The molecule has 2 aliphatic carbocycles. The molecule has 146 valence electrons. The Labute approximate surface area is 155 Å². The standard InChI is InChI=1S/C22H32F3N/c1-2-3-4-5-15-6-8-16(9-7-15)17-10-12-18(13-11-17)19-14-20(23)22(25)26-21(19)24/h14-18H,2-13H2,1H3. The van der Waals surface area contributed by atoms with Gasteiger partial charge in [0, 0.05) is 5.56 Å². The Balaban J connectivity index is 1.47. The highest BCUT2D eigenvalue weighted by molar-refractivity contribution is 5.19. The van der Waals surface area contributed by atoms with Crippen molar-refractivity contribution < 1.29 is 13.2 Å². The molecule has 0 N–H and O–H groups in total. The van der Waals surface area contributed by atoms with Crippen LogP contribution in [0.5, 0.6) is 0 Å². The highest BCUT2D eigenvalue weighted by atomic mass is 19.2. The lowest BCUT2D eigenvalue weighted by Crippen LogP contribution is -2.25. The molecule has 0 unspecified atom stereocenters. The van der Waals surface area contributed by atoms with Crippen LogP contribution in [0.25, 0.3) is 0 Å². The van der Waals surface area contributed by atoms with Gasteiger partial charge in [-0.3, -0.25) is 0 Å². The van der Waals surface area contributed by atoms with E-state index in [1.807, 2.05) is 0 Å². The average Bonchev–Trinajstić information content (AvgIpc) is 2.66. The predicted molar refractivity (Wildman–Crippen MR) is 98.4 cm³/mol. The molecule has 1 heterocycles. The van der Waals surface area contributed by atoms with Crippen LogP contribution in [0.15, 0.2) is 6.07 Å². The highest BCUT2D eigenvalue weighted by Gasteiger charge is 2.32. The van der Waals surface area contributed by atoms with Gasteiger partial charge in [-0.2, -0.15) is 13.8 Å². The number of rotatable bonds is 6. The van der Waals surface area contributed by atoms with Crippen molar-refractivity contribution in [1.82, 2.24) is 4.98 Å². The summed E-state index contributed by atoms with van der Waals surface area (Å²) in [5, 5.41) is 0. The summed E-state index contributed by atoms with van der Waals surface area (Å²) in [6.45, 7) is 2.26. The number of aromatic nitrogens is 1. The van der Waals surface area contributed by atoms with Crippen molar-refractivity contribution in [3.8, 4) is 0 Å². The summed E-state index contributed by atoms with van der Waals surface area (Å²) in [5.74, 6) is -0.758. The SMILES string of the molecule is CCCCCC1CCC(C2CCC(c3cc(F)c(F)nc3F)CC2)CC1. The molecular formula is C22H32F3N. The van der Waals surface area contributed by atoms with Crippen LogP contribution in [-0.2, 0) is 0 Å². The molecule has 1 aromatic heterocycles. The Morgan fingerprint density at radius 1 is 0.846 bits per heavy atom. The third-order valence-electron chi connectivity index (χ3n) is 6.90. The Morgan fingerprint density at radius 2 is 1.46 bits per heavy atom. The molecule has 2 saturated carbocycles. The fraction of sp³-hybridized carbons (Fsp3) is 0.773. The molecule has 3 rings (SSSR count). The molecule has 0 aliphatic heterocycles. The molecule has 0 spiro atoms. The molecule has 1 nitrogen and oxygen atoms in total. The molecule has 0 saturated heterocycles. The van der Waals surface area contributed by atoms with Crippen molar-refractivity contribution in [3.05, 3.63) is 29.3 Å². The van der Waals surface area contributed by atoms with E-state index in [2.05, 4.69) is 11.9 Å².